The largest absolute Gasteiger partial charge is 0.378 e. The van der Waals surface area contributed by atoms with Crippen molar-refractivity contribution in [2.75, 3.05) is 31.2 Å². The van der Waals surface area contributed by atoms with Crippen molar-refractivity contribution >= 4 is 5.82 Å². The van der Waals surface area contributed by atoms with Crippen molar-refractivity contribution in [1.29, 1.82) is 0 Å². The summed E-state index contributed by atoms with van der Waals surface area (Å²) in [6, 6.07) is 0. The minimum atomic E-state index is 0.468. The molecule has 0 aromatic carbocycles. The molecule has 7 heteroatoms. The van der Waals surface area contributed by atoms with Gasteiger partial charge in [-0.2, -0.15) is 4.98 Å². The molecule has 2 aromatic heterocycles. The lowest BCUT2D eigenvalue weighted by Gasteiger charge is -2.27. The zero-order valence-corrected chi connectivity index (χ0v) is 10.0. The fourth-order valence-corrected chi connectivity index (χ4v) is 1.81. The summed E-state index contributed by atoms with van der Waals surface area (Å²) in [6.07, 6.45) is 3.37. The van der Waals surface area contributed by atoms with Crippen LogP contribution in [0.15, 0.2) is 16.9 Å². The van der Waals surface area contributed by atoms with E-state index in [1.165, 1.54) is 0 Å². The highest BCUT2D eigenvalue weighted by Gasteiger charge is 2.15. The molecular formula is C11H13N5O2. The molecule has 1 aliphatic rings. The molecule has 0 spiro atoms. The number of morpholine rings is 1. The maximum atomic E-state index is 5.31. The van der Waals surface area contributed by atoms with E-state index in [1.807, 2.05) is 0 Å². The minimum Gasteiger partial charge on any atom is -0.378 e. The second kappa shape index (κ2) is 4.69. The van der Waals surface area contributed by atoms with E-state index in [0.29, 0.717) is 30.6 Å². The monoisotopic (exact) mass is 247 g/mol. The van der Waals surface area contributed by atoms with Crippen molar-refractivity contribution < 1.29 is 9.26 Å². The molecule has 0 N–H and O–H groups in total. The Labute approximate surface area is 104 Å². The summed E-state index contributed by atoms with van der Waals surface area (Å²) in [5.41, 5.74) is 0.621. The Morgan fingerprint density at radius 1 is 1.17 bits per heavy atom. The summed E-state index contributed by atoms with van der Waals surface area (Å²) in [4.78, 5) is 15.0. The zero-order chi connectivity index (χ0) is 12.4. The molecule has 0 aliphatic carbocycles. The van der Waals surface area contributed by atoms with Gasteiger partial charge in [0.15, 0.2) is 0 Å². The molecule has 1 aliphatic heterocycles. The van der Waals surface area contributed by atoms with Gasteiger partial charge in [0.05, 0.1) is 25.6 Å². The maximum Gasteiger partial charge on any atom is 0.223 e. The van der Waals surface area contributed by atoms with Crippen molar-refractivity contribution in [3.05, 3.63) is 18.3 Å². The first-order valence-corrected chi connectivity index (χ1v) is 5.78. The lowest BCUT2D eigenvalue weighted by molar-refractivity contribution is 0.122. The van der Waals surface area contributed by atoms with E-state index in [1.54, 1.807) is 19.3 Å². The molecule has 0 bridgehead atoms. The fourth-order valence-electron chi connectivity index (χ4n) is 1.81. The second-order valence-corrected chi connectivity index (χ2v) is 4.00. The first-order valence-electron chi connectivity index (χ1n) is 5.78. The van der Waals surface area contributed by atoms with Crippen LogP contribution in [0.4, 0.5) is 5.82 Å². The van der Waals surface area contributed by atoms with Crippen LogP contribution in [0.2, 0.25) is 0 Å². The molecule has 7 nitrogen and oxygen atoms in total. The highest BCUT2D eigenvalue weighted by Crippen LogP contribution is 2.17. The van der Waals surface area contributed by atoms with E-state index >= 15 is 0 Å². The van der Waals surface area contributed by atoms with Crippen LogP contribution in [0, 0.1) is 6.92 Å². The van der Waals surface area contributed by atoms with Gasteiger partial charge in [-0.3, -0.25) is 4.98 Å². The molecule has 0 unspecified atom stereocenters. The van der Waals surface area contributed by atoms with Crippen LogP contribution in [-0.2, 0) is 4.74 Å². The Kier molecular flexibility index (Phi) is 2.89. The topological polar surface area (TPSA) is 77.2 Å². The van der Waals surface area contributed by atoms with Gasteiger partial charge >= 0.3 is 0 Å². The standard InChI is InChI=1S/C11H13N5O2/c1-8-13-11(15-18-8)9-6-12-7-10(14-9)16-2-4-17-5-3-16/h6-7H,2-5H2,1H3. The molecule has 3 heterocycles. The molecule has 18 heavy (non-hydrogen) atoms. The highest BCUT2D eigenvalue weighted by molar-refractivity contribution is 5.51. The van der Waals surface area contributed by atoms with E-state index in [4.69, 9.17) is 9.26 Å². The predicted octanol–water partition coefficient (Wildman–Crippen LogP) is 0.672. The van der Waals surface area contributed by atoms with E-state index in [-0.39, 0.29) is 0 Å². The van der Waals surface area contributed by atoms with Gasteiger partial charge in [0.1, 0.15) is 11.5 Å². The number of nitrogens with zero attached hydrogens (tertiary/aromatic N) is 5. The number of ether oxygens (including phenoxy) is 1. The van der Waals surface area contributed by atoms with Crippen LogP contribution >= 0.6 is 0 Å². The first kappa shape index (κ1) is 11.1. The summed E-state index contributed by atoms with van der Waals surface area (Å²) >= 11 is 0. The normalized spacial score (nSPS) is 15.9. The molecule has 3 rings (SSSR count). The Morgan fingerprint density at radius 3 is 2.72 bits per heavy atom. The van der Waals surface area contributed by atoms with Gasteiger partial charge in [0, 0.05) is 20.0 Å². The van der Waals surface area contributed by atoms with Crippen LogP contribution in [-0.4, -0.2) is 46.4 Å². The lowest BCUT2D eigenvalue weighted by Crippen LogP contribution is -2.36. The number of anilines is 1. The van der Waals surface area contributed by atoms with E-state index in [9.17, 15) is 0 Å². The molecule has 0 amide bonds. The van der Waals surface area contributed by atoms with E-state index in [2.05, 4.69) is 25.0 Å². The smallest absolute Gasteiger partial charge is 0.223 e. The molecule has 0 saturated carbocycles. The second-order valence-electron chi connectivity index (χ2n) is 4.00. The Hall–Kier alpha value is -2.02. The molecule has 0 radical (unpaired) electrons. The number of hydrogen-bond acceptors (Lipinski definition) is 7. The molecular weight excluding hydrogens is 234 g/mol. The minimum absolute atomic E-state index is 0.468. The molecule has 2 aromatic rings. The highest BCUT2D eigenvalue weighted by atomic mass is 16.5. The van der Waals surface area contributed by atoms with Crippen molar-refractivity contribution in [2.45, 2.75) is 6.92 Å². The quantitative estimate of drug-likeness (QED) is 0.771. The van der Waals surface area contributed by atoms with Crippen molar-refractivity contribution in [1.82, 2.24) is 20.1 Å². The van der Waals surface area contributed by atoms with Crippen LogP contribution in [0.25, 0.3) is 11.5 Å². The summed E-state index contributed by atoms with van der Waals surface area (Å²) in [5.74, 6) is 1.80. The van der Waals surface area contributed by atoms with E-state index in [0.717, 1.165) is 18.9 Å². The third kappa shape index (κ3) is 2.17. The van der Waals surface area contributed by atoms with Crippen LogP contribution in [0.3, 0.4) is 0 Å². The van der Waals surface area contributed by atoms with Gasteiger partial charge in [-0.15, -0.1) is 0 Å². The maximum absolute atomic E-state index is 5.31. The predicted molar refractivity (Wildman–Crippen MR) is 63.1 cm³/mol. The number of rotatable bonds is 2. The summed E-state index contributed by atoms with van der Waals surface area (Å²) < 4.78 is 10.3. The lowest BCUT2D eigenvalue weighted by atomic mass is 10.4. The molecule has 0 atom stereocenters. The zero-order valence-electron chi connectivity index (χ0n) is 10.0. The number of aromatic nitrogens is 4. The Balaban J connectivity index is 1.88. The van der Waals surface area contributed by atoms with Gasteiger partial charge in [-0.25, -0.2) is 4.98 Å². The van der Waals surface area contributed by atoms with Gasteiger partial charge in [0.25, 0.3) is 0 Å². The van der Waals surface area contributed by atoms with Gasteiger partial charge < -0.3 is 14.2 Å². The van der Waals surface area contributed by atoms with Gasteiger partial charge in [-0.05, 0) is 0 Å². The fraction of sp³-hybridized carbons (Fsp3) is 0.455. The van der Waals surface area contributed by atoms with Crippen LogP contribution in [0.1, 0.15) is 5.89 Å². The molecule has 1 fully saturated rings. The summed E-state index contributed by atoms with van der Waals surface area (Å²) in [5, 5.41) is 3.84. The van der Waals surface area contributed by atoms with Crippen LogP contribution < -0.4 is 4.90 Å². The van der Waals surface area contributed by atoms with Crippen molar-refractivity contribution in [2.24, 2.45) is 0 Å². The third-order valence-corrected chi connectivity index (χ3v) is 2.71. The van der Waals surface area contributed by atoms with Crippen LogP contribution in [0.5, 0.6) is 0 Å². The number of aryl methyl sites for hydroxylation is 1. The molecule has 94 valence electrons. The van der Waals surface area contributed by atoms with Crippen molar-refractivity contribution in [3.63, 3.8) is 0 Å². The van der Waals surface area contributed by atoms with Crippen molar-refractivity contribution in [3.8, 4) is 11.5 Å². The first-order chi connectivity index (χ1) is 8.83. The molecule has 1 saturated heterocycles. The van der Waals surface area contributed by atoms with E-state index < -0.39 is 0 Å². The average Bonchev–Trinajstić information content (AvgIpc) is 2.87. The van der Waals surface area contributed by atoms with Gasteiger partial charge in [-0.1, -0.05) is 5.16 Å². The Bertz CT molecular complexity index is 536. The summed E-state index contributed by atoms with van der Waals surface area (Å²) in [6.45, 7) is 4.82. The SMILES string of the molecule is Cc1nc(-c2cncc(N3CCOCC3)n2)no1. The summed E-state index contributed by atoms with van der Waals surface area (Å²) in [7, 11) is 0. The Morgan fingerprint density at radius 2 is 2.00 bits per heavy atom. The van der Waals surface area contributed by atoms with Gasteiger partial charge in [0.2, 0.25) is 11.7 Å². The number of hydrogen-bond donors (Lipinski definition) is 0. The third-order valence-electron chi connectivity index (χ3n) is 2.71. The average molecular weight is 247 g/mol.